The van der Waals surface area contributed by atoms with Gasteiger partial charge in [0.15, 0.2) is 0 Å². The van der Waals surface area contributed by atoms with Gasteiger partial charge < -0.3 is 11.1 Å². The lowest BCUT2D eigenvalue weighted by Gasteiger charge is -2.23. The van der Waals surface area contributed by atoms with Gasteiger partial charge in [-0.1, -0.05) is 19.4 Å². The van der Waals surface area contributed by atoms with E-state index >= 15 is 0 Å². The predicted octanol–water partition coefficient (Wildman–Crippen LogP) is 3.06. The molecule has 17 heavy (non-hydrogen) atoms. The molecule has 1 aromatic carbocycles. The Hall–Kier alpha value is -0.620. The molecule has 0 saturated carbocycles. The molecule has 1 atom stereocenters. The molecule has 3 N–H and O–H groups in total. The Morgan fingerprint density at radius 2 is 2.18 bits per heavy atom. The van der Waals surface area contributed by atoms with Crippen molar-refractivity contribution < 1.29 is 4.79 Å². The number of nitrogens with one attached hydrogen (secondary N) is 1. The third kappa shape index (κ3) is 3.96. The summed E-state index contributed by atoms with van der Waals surface area (Å²) < 4.78 is 1.13. The van der Waals surface area contributed by atoms with Crippen molar-refractivity contribution in [3.63, 3.8) is 0 Å². The Balaban J connectivity index is 2.77. The number of hydrogen-bond acceptors (Lipinski definition) is 2. The molecule has 1 amide bonds. The van der Waals surface area contributed by atoms with E-state index in [1.807, 2.05) is 32.0 Å². The normalized spacial score (nSPS) is 14.2. The molecule has 1 rings (SSSR count). The van der Waals surface area contributed by atoms with Crippen LogP contribution in [0.15, 0.2) is 18.2 Å². The number of amides is 1. The molecular weight excluding hydrogens is 327 g/mol. The van der Waals surface area contributed by atoms with Crippen molar-refractivity contribution in [3.8, 4) is 0 Å². The van der Waals surface area contributed by atoms with Gasteiger partial charge in [-0.2, -0.15) is 0 Å². The van der Waals surface area contributed by atoms with Gasteiger partial charge in [0.1, 0.15) is 0 Å². The van der Waals surface area contributed by atoms with Crippen LogP contribution in [0.4, 0.5) is 5.69 Å². The van der Waals surface area contributed by atoms with Gasteiger partial charge in [0, 0.05) is 9.26 Å². The number of hydrogen-bond donors (Lipinski definition) is 2. The fraction of sp³-hybridized carbons (Fsp3) is 0.462. The van der Waals surface area contributed by atoms with Gasteiger partial charge in [0.25, 0.3) is 0 Å². The van der Waals surface area contributed by atoms with E-state index in [1.165, 1.54) is 5.56 Å². The zero-order valence-corrected chi connectivity index (χ0v) is 12.7. The van der Waals surface area contributed by atoms with Crippen LogP contribution in [0.25, 0.3) is 0 Å². The minimum absolute atomic E-state index is 0.126. The summed E-state index contributed by atoms with van der Waals surface area (Å²) in [6.07, 6.45) is 1.58. The third-order valence-electron chi connectivity index (χ3n) is 2.72. The predicted molar refractivity (Wildman–Crippen MR) is 80.0 cm³/mol. The number of benzene rings is 1. The minimum atomic E-state index is -0.801. The number of anilines is 1. The third-order valence-corrected chi connectivity index (χ3v) is 3.88. The SMILES string of the molecule is CCCC(C)(N)C(=O)Nc1ccc(C)c(I)c1. The van der Waals surface area contributed by atoms with Gasteiger partial charge in [-0.3, -0.25) is 4.79 Å². The highest BCUT2D eigenvalue weighted by atomic mass is 127. The first kappa shape index (κ1) is 14.4. The molecule has 1 aromatic rings. The highest BCUT2D eigenvalue weighted by molar-refractivity contribution is 14.1. The van der Waals surface area contributed by atoms with E-state index in [1.54, 1.807) is 6.92 Å². The first-order chi connectivity index (χ1) is 7.86. The highest BCUT2D eigenvalue weighted by Gasteiger charge is 2.27. The van der Waals surface area contributed by atoms with E-state index in [-0.39, 0.29) is 5.91 Å². The van der Waals surface area contributed by atoms with E-state index in [2.05, 4.69) is 27.9 Å². The van der Waals surface area contributed by atoms with Crippen LogP contribution in [0, 0.1) is 10.5 Å². The van der Waals surface area contributed by atoms with Crippen LogP contribution in [-0.4, -0.2) is 11.4 Å². The van der Waals surface area contributed by atoms with Crippen LogP contribution >= 0.6 is 22.6 Å². The largest absolute Gasteiger partial charge is 0.324 e. The Kier molecular flexibility index (Phi) is 4.94. The molecule has 0 fully saturated rings. The fourth-order valence-corrected chi connectivity index (χ4v) is 2.09. The maximum absolute atomic E-state index is 12.0. The van der Waals surface area contributed by atoms with Gasteiger partial charge in [-0.25, -0.2) is 0 Å². The average Bonchev–Trinajstić information content (AvgIpc) is 2.23. The number of carbonyl (C=O) groups is 1. The molecule has 0 aliphatic rings. The highest BCUT2D eigenvalue weighted by Crippen LogP contribution is 2.19. The number of carbonyl (C=O) groups excluding carboxylic acids is 1. The Morgan fingerprint density at radius 1 is 1.53 bits per heavy atom. The summed E-state index contributed by atoms with van der Waals surface area (Å²) in [6.45, 7) is 5.83. The maximum Gasteiger partial charge on any atom is 0.244 e. The van der Waals surface area contributed by atoms with Crippen LogP contribution < -0.4 is 11.1 Å². The standard InChI is InChI=1S/C13H19IN2O/c1-4-7-13(3,15)12(17)16-10-6-5-9(2)11(14)8-10/h5-6,8H,4,7,15H2,1-3H3,(H,16,17). The number of nitrogens with two attached hydrogens (primary N) is 1. The zero-order chi connectivity index (χ0) is 13.1. The molecular formula is C13H19IN2O. The fourth-order valence-electron chi connectivity index (χ4n) is 1.58. The lowest BCUT2D eigenvalue weighted by Crippen LogP contribution is -2.48. The number of rotatable bonds is 4. The molecule has 4 heteroatoms. The van der Waals surface area contributed by atoms with E-state index in [4.69, 9.17) is 5.73 Å². The first-order valence-electron chi connectivity index (χ1n) is 5.73. The van der Waals surface area contributed by atoms with Crippen molar-refractivity contribution in [2.24, 2.45) is 5.73 Å². The topological polar surface area (TPSA) is 55.1 Å². The maximum atomic E-state index is 12.0. The Labute approximate surface area is 116 Å². The summed E-state index contributed by atoms with van der Waals surface area (Å²) in [4.78, 5) is 12.0. The van der Waals surface area contributed by atoms with Gasteiger partial charge in [0.05, 0.1) is 5.54 Å². The van der Waals surface area contributed by atoms with Crippen molar-refractivity contribution in [3.05, 3.63) is 27.3 Å². The smallest absolute Gasteiger partial charge is 0.244 e. The Bertz CT molecular complexity index is 416. The summed E-state index contributed by atoms with van der Waals surface area (Å²) in [7, 11) is 0. The molecule has 0 spiro atoms. The van der Waals surface area contributed by atoms with Gasteiger partial charge in [-0.15, -0.1) is 0 Å². The minimum Gasteiger partial charge on any atom is -0.324 e. The summed E-state index contributed by atoms with van der Waals surface area (Å²) in [5, 5.41) is 2.87. The second-order valence-corrected chi connectivity index (χ2v) is 5.75. The van der Waals surface area contributed by atoms with E-state index < -0.39 is 5.54 Å². The number of aryl methyl sites for hydroxylation is 1. The van der Waals surface area contributed by atoms with Crippen molar-refractivity contribution >= 4 is 34.2 Å². The van der Waals surface area contributed by atoms with E-state index in [0.717, 1.165) is 15.7 Å². The second-order valence-electron chi connectivity index (χ2n) is 4.59. The van der Waals surface area contributed by atoms with Crippen molar-refractivity contribution in [1.29, 1.82) is 0 Å². The molecule has 3 nitrogen and oxygen atoms in total. The van der Waals surface area contributed by atoms with Crippen LogP contribution in [0.5, 0.6) is 0 Å². The Morgan fingerprint density at radius 3 is 2.71 bits per heavy atom. The molecule has 0 saturated heterocycles. The van der Waals surface area contributed by atoms with E-state index in [0.29, 0.717) is 6.42 Å². The summed E-state index contributed by atoms with van der Waals surface area (Å²) >= 11 is 2.25. The molecule has 0 aromatic heterocycles. The van der Waals surface area contributed by atoms with Crippen LogP contribution in [-0.2, 0) is 4.79 Å². The van der Waals surface area contributed by atoms with Crippen LogP contribution in [0.2, 0.25) is 0 Å². The summed E-state index contributed by atoms with van der Waals surface area (Å²) in [5.74, 6) is -0.126. The van der Waals surface area contributed by atoms with E-state index in [9.17, 15) is 4.79 Å². The van der Waals surface area contributed by atoms with Crippen molar-refractivity contribution in [2.75, 3.05) is 5.32 Å². The van der Waals surface area contributed by atoms with Gasteiger partial charge >= 0.3 is 0 Å². The first-order valence-corrected chi connectivity index (χ1v) is 6.81. The summed E-state index contributed by atoms with van der Waals surface area (Å²) in [5.41, 5.74) is 7.18. The molecule has 0 aliphatic heterocycles. The van der Waals surface area contributed by atoms with Crippen LogP contribution in [0.1, 0.15) is 32.3 Å². The van der Waals surface area contributed by atoms with Gasteiger partial charge in [0.2, 0.25) is 5.91 Å². The molecule has 1 unspecified atom stereocenters. The monoisotopic (exact) mass is 346 g/mol. The van der Waals surface area contributed by atoms with Crippen LogP contribution in [0.3, 0.4) is 0 Å². The molecule has 94 valence electrons. The van der Waals surface area contributed by atoms with Crippen molar-refractivity contribution in [1.82, 2.24) is 0 Å². The molecule has 0 radical (unpaired) electrons. The quantitative estimate of drug-likeness (QED) is 0.824. The molecule has 0 bridgehead atoms. The molecule has 0 heterocycles. The second kappa shape index (κ2) is 5.82. The zero-order valence-electron chi connectivity index (χ0n) is 10.5. The van der Waals surface area contributed by atoms with Gasteiger partial charge in [-0.05, 0) is 60.6 Å². The number of halogens is 1. The lowest BCUT2D eigenvalue weighted by molar-refractivity contribution is -0.120. The molecule has 0 aliphatic carbocycles. The summed E-state index contributed by atoms with van der Waals surface area (Å²) in [6, 6.07) is 5.85. The lowest BCUT2D eigenvalue weighted by atomic mass is 9.96. The average molecular weight is 346 g/mol. The van der Waals surface area contributed by atoms with Crippen molar-refractivity contribution in [2.45, 2.75) is 39.2 Å².